The highest BCUT2D eigenvalue weighted by atomic mass is 19.1. The Labute approximate surface area is 118 Å². The molecule has 0 aromatic heterocycles. The Balaban J connectivity index is 2.30. The zero-order chi connectivity index (χ0) is 14.9. The van der Waals surface area contributed by atoms with E-state index in [4.69, 9.17) is 0 Å². The molecular weight excluding hydrogens is 259 g/mol. The molecule has 1 amide bonds. The summed E-state index contributed by atoms with van der Waals surface area (Å²) in [4.78, 5) is 13.1. The largest absolute Gasteiger partial charge is 0.465 e. The highest BCUT2D eigenvalue weighted by molar-refractivity contribution is 5.67. The number of nitrogens with one attached hydrogen (secondary N) is 1. The summed E-state index contributed by atoms with van der Waals surface area (Å²) < 4.78 is 13.0. The summed E-state index contributed by atoms with van der Waals surface area (Å²) in [5.41, 5.74) is 0.498. The summed E-state index contributed by atoms with van der Waals surface area (Å²) in [6.07, 6.45) is -0.918. The lowest BCUT2D eigenvalue weighted by Gasteiger charge is -2.40. The summed E-state index contributed by atoms with van der Waals surface area (Å²) in [6.45, 7) is 6.99. The molecule has 1 saturated heterocycles. The molecule has 2 atom stereocenters. The first-order chi connectivity index (χ1) is 9.30. The predicted octanol–water partition coefficient (Wildman–Crippen LogP) is 2.66. The monoisotopic (exact) mass is 280 g/mol. The van der Waals surface area contributed by atoms with Crippen molar-refractivity contribution in [3.05, 3.63) is 35.6 Å². The fourth-order valence-corrected chi connectivity index (χ4v) is 2.91. The number of carbonyl (C=O) groups is 1. The highest BCUT2D eigenvalue weighted by Crippen LogP contribution is 2.31. The van der Waals surface area contributed by atoms with Gasteiger partial charge in [-0.15, -0.1) is 0 Å². The van der Waals surface area contributed by atoms with Gasteiger partial charge in [0.05, 0.1) is 6.04 Å². The normalized spacial score (nSPS) is 22.8. The molecule has 2 rings (SSSR count). The number of halogens is 1. The van der Waals surface area contributed by atoms with Gasteiger partial charge < -0.3 is 10.4 Å². The Kier molecular flexibility index (Phi) is 3.99. The lowest BCUT2D eigenvalue weighted by Crippen LogP contribution is -2.53. The van der Waals surface area contributed by atoms with E-state index in [1.807, 2.05) is 20.8 Å². The number of rotatable bonds is 2. The van der Waals surface area contributed by atoms with Crippen molar-refractivity contribution < 1.29 is 14.3 Å². The van der Waals surface area contributed by atoms with Crippen molar-refractivity contribution in [3.8, 4) is 0 Å². The maximum atomic E-state index is 13.0. The predicted molar refractivity (Wildman–Crippen MR) is 75.4 cm³/mol. The van der Waals surface area contributed by atoms with Gasteiger partial charge in [0.1, 0.15) is 5.82 Å². The Morgan fingerprint density at radius 1 is 1.30 bits per heavy atom. The van der Waals surface area contributed by atoms with E-state index < -0.39 is 11.6 Å². The molecule has 1 aromatic rings. The molecule has 0 radical (unpaired) electrons. The number of amides is 1. The van der Waals surface area contributed by atoms with E-state index in [-0.39, 0.29) is 17.8 Å². The van der Waals surface area contributed by atoms with E-state index in [0.29, 0.717) is 13.1 Å². The minimum absolute atomic E-state index is 0.0472. The van der Waals surface area contributed by atoms with Crippen LogP contribution in [0.2, 0.25) is 0 Å². The van der Waals surface area contributed by atoms with Crippen molar-refractivity contribution >= 4 is 6.09 Å². The molecule has 0 saturated carbocycles. The van der Waals surface area contributed by atoms with E-state index in [9.17, 15) is 14.3 Å². The number of hydrogen-bond donors (Lipinski definition) is 2. The molecule has 0 aliphatic carbocycles. The van der Waals surface area contributed by atoms with Crippen molar-refractivity contribution in [2.45, 2.75) is 38.3 Å². The van der Waals surface area contributed by atoms with Gasteiger partial charge in [-0.2, -0.15) is 0 Å². The van der Waals surface area contributed by atoms with Gasteiger partial charge in [0, 0.05) is 24.5 Å². The summed E-state index contributed by atoms with van der Waals surface area (Å²) >= 11 is 0. The maximum Gasteiger partial charge on any atom is 0.408 e. The van der Waals surface area contributed by atoms with E-state index in [1.54, 1.807) is 12.1 Å². The Morgan fingerprint density at radius 3 is 2.40 bits per heavy atom. The van der Waals surface area contributed by atoms with Crippen LogP contribution in [0.5, 0.6) is 0 Å². The Morgan fingerprint density at radius 2 is 1.90 bits per heavy atom. The minimum atomic E-state index is -0.918. The van der Waals surface area contributed by atoms with Crippen molar-refractivity contribution in [3.63, 3.8) is 0 Å². The van der Waals surface area contributed by atoms with Crippen molar-refractivity contribution in [1.29, 1.82) is 0 Å². The molecule has 20 heavy (non-hydrogen) atoms. The van der Waals surface area contributed by atoms with Gasteiger partial charge in [-0.1, -0.05) is 12.1 Å². The first-order valence-corrected chi connectivity index (χ1v) is 6.79. The van der Waals surface area contributed by atoms with Crippen molar-refractivity contribution in [2.24, 2.45) is 0 Å². The summed E-state index contributed by atoms with van der Waals surface area (Å²) in [5, 5.41) is 12.8. The second-order valence-electron chi connectivity index (χ2n) is 6.21. The molecule has 4 nitrogen and oxygen atoms in total. The molecule has 0 bridgehead atoms. The molecule has 110 valence electrons. The zero-order valence-corrected chi connectivity index (χ0v) is 12.1. The van der Waals surface area contributed by atoms with Crippen LogP contribution in [0.4, 0.5) is 9.18 Å². The number of hydrogen-bond acceptors (Lipinski definition) is 2. The lowest BCUT2D eigenvalue weighted by atomic mass is 9.90. The van der Waals surface area contributed by atoms with Crippen LogP contribution >= 0.6 is 0 Å². The standard InChI is InChI=1S/C15H21FN2O2/c1-15(2,3)18(14(19)20)13-9-17-8-12(13)10-4-6-11(16)7-5-10/h4-7,12-13,17H,8-9H2,1-3H3,(H,19,20)/t12-,13+/m1/s1. The van der Waals surface area contributed by atoms with E-state index >= 15 is 0 Å². The third kappa shape index (κ3) is 2.93. The maximum absolute atomic E-state index is 13.0. The second kappa shape index (κ2) is 5.40. The topological polar surface area (TPSA) is 52.6 Å². The first-order valence-electron chi connectivity index (χ1n) is 6.79. The molecule has 1 fully saturated rings. The fraction of sp³-hybridized carbons (Fsp3) is 0.533. The Hall–Kier alpha value is -1.62. The average molecular weight is 280 g/mol. The van der Waals surface area contributed by atoms with Gasteiger partial charge in [-0.3, -0.25) is 4.90 Å². The van der Waals surface area contributed by atoms with Crippen LogP contribution < -0.4 is 5.32 Å². The van der Waals surface area contributed by atoms with Gasteiger partial charge in [-0.05, 0) is 38.5 Å². The summed E-state index contributed by atoms with van der Waals surface area (Å²) in [6, 6.07) is 6.18. The molecule has 1 aliphatic rings. The van der Waals surface area contributed by atoms with Crippen LogP contribution in [-0.2, 0) is 0 Å². The quantitative estimate of drug-likeness (QED) is 0.875. The number of benzene rings is 1. The third-order valence-corrected chi connectivity index (χ3v) is 3.74. The van der Waals surface area contributed by atoms with Crippen LogP contribution in [0.3, 0.4) is 0 Å². The molecule has 0 spiro atoms. The minimum Gasteiger partial charge on any atom is -0.465 e. The average Bonchev–Trinajstić information content (AvgIpc) is 2.76. The highest BCUT2D eigenvalue weighted by Gasteiger charge is 2.40. The molecular formula is C15H21FN2O2. The van der Waals surface area contributed by atoms with Crippen LogP contribution in [0.25, 0.3) is 0 Å². The van der Waals surface area contributed by atoms with E-state index in [2.05, 4.69) is 5.32 Å². The van der Waals surface area contributed by atoms with Crippen LogP contribution in [0.15, 0.2) is 24.3 Å². The van der Waals surface area contributed by atoms with Gasteiger partial charge in [0.2, 0.25) is 0 Å². The SMILES string of the molecule is CC(C)(C)N(C(=O)O)[C@H]1CNC[C@@H]1c1ccc(F)cc1. The van der Waals surface area contributed by atoms with Gasteiger partial charge >= 0.3 is 6.09 Å². The number of nitrogens with zero attached hydrogens (tertiary/aromatic N) is 1. The molecule has 1 aromatic carbocycles. The van der Waals surface area contributed by atoms with Crippen LogP contribution in [-0.4, -0.2) is 40.8 Å². The van der Waals surface area contributed by atoms with Crippen LogP contribution in [0.1, 0.15) is 32.3 Å². The smallest absolute Gasteiger partial charge is 0.408 e. The number of carboxylic acid groups (broad SMARTS) is 1. The Bertz CT molecular complexity index is 482. The van der Waals surface area contributed by atoms with Gasteiger partial charge in [-0.25, -0.2) is 9.18 Å². The van der Waals surface area contributed by atoms with E-state index in [0.717, 1.165) is 5.56 Å². The molecule has 0 unspecified atom stereocenters. The lowest BCUT2D eigenvalue weighted by molar-refractivity contribution is 0.0708. The van der Waals surface area contributed by atoms with Crippen molar-refractivity contribution in [1.82, 2.24) is 10.2 Å². The third-order valence-electron chi connectivity index (χ3n) is 3.74. The molecule has 5 heteroatoms. The zero-order valence-electron chi connectivity index (χ0n) is 12.1. The molecule has 1 aliphatic heterocycles. The van der Waals surface area contributed by atoms with Gasteiger partial charge in [0.15, 0.2) is 0 Å². The molecule has 1 heterocycles. The fourth-order valence-electron chi connectivity index (χ4n) is 2.91. The molecule has 2 N–H and O–H groups in total. The summed E-state index contributed by atoms with van der Waals surface area (Å²) in [5.74, 6) is -0.229. The van der Waals surface area contributed by atoms with Crippen LogP contribution in [0, 0.1) is 5.82 Å². The first kappa shape index (κ1) is 14.8. The van der Waals surface area contributed by atoms with E-state index in [1.165, 1.54) is 17.0 Å². The summed E-state index contributed by atoms with van der Waals surface area (Å²) in [7, 11) is 0. The van der Waals surface area contributed by atoms with Gasteiger partial charge in [0.25, 0.3) is 0 Å². The van der Waals surface area contributed by atoms with Crippen molar-refractivity contribution in [2.75, 3.05) is 13.1 Å². The second-order valence-corrected chi connectivity index (χ2v) is 6.21.